The van der Waals surface area contributed by atoms with Crippen molar-refractivity contribution in [3.63, 3.8) is 0 Å². The molecule has 7 rings (SSSR count). The Morgan fingerprint density at radius 3 is 2.35 bits per heavy atom. The number of carboxylic acid groups (broad SMARTS) is 1. The van der Waals surface area contributed by atoms with Gasteiger partial charge in [-0.1, -0.05) is 42.0 Å². The summed E-state index contributed by atoms with van der Waals surface area (Å²) < 4.78 is 0. The number of benzene rings is 3. The van der Waals surface area contributed by atoms with E-state index in [1.54, 1.807) is 31.2 Å². The van der Waals surface area contributed by atoms with E-state index in [0.717, 1.165) is 22.6 Å². The summed E-state index contributed by atoms with van der Waals surface area (Å²) in [5, 5.41) is 31.4. The molecule has 0 bridgehead atoms. The van der Waals surface area contributed by atoms with Crippen molar-refractivity contribution in [3.8, 4) is 11.5 Å². The number of phenols is 2. The molecule has 0 unspecified atom stereocenters. The molecule has 3 N–H and O–H groups in total. The lowest BCUT2D eigenvalue weighted by Gasteiger charge is -2.42. The predicted molar refractivity (Wildman–Crippen MR) is 154 cm³/mol. The molecular formula is C34H25NO8. The zero-order valence-electron chi connectivity index (χ0n) is 22.9. The molecule has 214 valence electrons. The van der Waals surface area contributed by atoms with Gasteiger partial charge in [-0.2, -0.15) is 0 Å². The van der Waals surface area contributed by atoms with Gasteiger partial charge < -0.3 is 15.3 Å². The summed E-state index contributed by atoms with van der Waals surface area (Å²) in [4.78, 5) is 67.3. The lowest BCUT2D eigenvalue weighted by atomic mass is 9.59. The average Bonchev–Trinajstić information content (AvgIpc) is 3.24. The SMILES string of the molecule is CC1=CC(=O)C2=C(C[C@@H]3C(=CC[C@@H]4C(=O)N(c5ccc(C(=O)O)c(O)c5)C(=O)[C@@H]43)[C@@H]2c2ccc(O)c3ccccc23)C1=O. The number of carbonyl (C=O) groups is 5. The fourth-order valence-electron chi connectivity index (χ4n) is 7.39. The summed E-state index contributed by atoms with van der Waals surface area (Å²) in [6, 6.07) is 14.1. The molecule has 1 heterocycles. The summed E-state index contributed by atoms with van der Waals surface area (Å²) in [5.74, 6) is -6.16. The number of carboxylic acids is 1. The highest BCUT2D eigenvalue weighted by atomic mass is 16.4. The van der Waals surface area contributed by atoms with Gasteiger partial charge in [-0.05, 0) is 60.9 Å². The number of amides is 2. The first-order valence-electron chi connectivity index (χ1n) is 13.9. The number of nitrogens with zero attached hydrogens (tertiary/aromatic N) is 1. The third-order valence-electron chi connectivity index (χ3n) is 9.28. The second-order valence-electron chi connectivity index (χ2n) is 11.5. The Morgan fingerprint density at radius 2 is 1.63 bits per heavy atom. The van der Waals surface area contributed by atoms with E-state index in [-0.39, 0.29) is 41.4 Å². The van der Waals surface area contributed by atoms with Gasteiger partial charge in [0.25, 0.3) is 0 Å². The van der Waals surface area contributed by atoms with Crippen molar-refractivity contribution in [2.24, 2.45) is 17.8 Å². The normalized spacial score (nSPS) is 24.9. The molecule has 4 atom stereocenters. The minimum atomic E-state index is -1.35. The first-order valence-corrected chi connectivity index (χ1v) is 13.9. The van der Waals surface area contributed by atoms with Crippen molar-refractivity contribution in [1.82, 2.24) is 0 Å². The Hall–Kier alpha value is -5.31. The quantitative estimate of drug-likeness (QED) is 0.233. The second-order valence-corrected chi connectivity index (χ2v) is 11.5. The average molecular weight is 576 g/mol. The largest absolute Gasteiger partial charge is 0.507 e. The number of rotatable bonds is 3. The number of ketones is 2. The molecule has 2 amide bonds. The maximum atomic E-state index is 14.1. The van der Waals surface area contributed by atoms with Crippen LogP contribution in [0.1, 0.15) is 41.6 Å². The highest BCUT2D eigenvalue weighted by Gasteiger charge is 2.56. The van der Waals surface area contributed by atoms with E-state index >= 15 is 0 Å². The van der Waals surface area contributed by atoms with Crippen LogP contribution in [0.2, 0.25) is 0 Å². The van der Waals surface area contributed by atoms with Crippen LogP contribution in [-0.2, 0) is 19.2 Å². The number of phenolic OH excluding ortho intramolecular Hbond substituents is 1. The highest BCUT2D eigenvalue weighted by molar-refractivity contribution is 6.25. The number of aromatic hydroxyl groups is 2. The summed E-state index contributed by atoms with van der Waals surface area (Å²) in [6.45, 7) is 1.59. The minimum Gasteiger partial charge on any atom is -0.507 e. The second kappa shape index (κ2) is 9.35. The van der Waals surface area contributed by atoms with Crippen molar-refractivity contribution in [3.05, 3.63) is 100 Å². The van der Waals surface area contributed by atoms with Gasteiger partial charge in [0, 0.05) is 34.1 Å². The number of hydrogen-bond donors (Lipinski definition) is 3. The van der Waals surface area contributed by atoms with Crippen molar-refractivity contribution in [2.45, 2.75) is 25.7 Å². The summed E-state index contributed by atoms with van der Waals surface area (Å²) in [7, 11) is 0. The molecule has 43 heavy (non-hydrogen) atoms. The van der Waals surface area contributed by atoms with Crippen LogP contribution >= 0.6 is 0 Å². The molecule has 1 saturated heterocycles. The predicted octanol–water partition coefficient (Wildman–Crippen LogP) is 4.58. The fraction of sp³-hybridized carbons (Fsp3) is 0.206. The zero-order valence-corrected chi connectivity index (χ0v) is 22.9. The first-order chi connectivity index (χ1) is 20.6. The van der Waals surface area contributed by atoms with Gasteiger partial charge in [0.2, 0.25) is 11.8 Å². The van der Waals surface area contributed by atoms with Crippen LogP contribution < -0.4 is 4.90 Å². The molecule has 9 heteroatoms. The van der Waals surface area contributed by atoms with E-state index in [2.05, 4.69) is 0 Å². The maximum absolute atomic E-state index is 14.1. The van der Waals surface area contributed by atoms with Gasteiger partial charge in [-0.25, -0.2) is 9.69 Å². The molecule has 0 saturated carbocycles. The molecule has 0 spiro atoms. The Balaban J connectivity index is 1.38. The van der Waals surface area contributed by atoms with Crippen LogP contribution in [0.25, 0.3) is 10.8 Å². The third-order valence-corrected chi connectivity index (χ3v) is 9.28. The maximum Gasteiger partial charge on any atom is 0.339 e. The Labute approximate surface area is 245 Å². The summed E-state index contributed by atoms with van der Waals surface area (Å²) in [6.07, 6.45) is 3.59. The van der Waals surface area contributed by atoms with Crippen molar-refractivity contribution >= 4 is 45.8 Å². The van der Waals surface area contributed by atoms with E-state index in [1.807, 2.05) is 18.2 Å². The van der Waals surface area contributed by atoms with Crippen molar-refractivity contribution in [2.75, 3.05) is 4.90 Å². The molecule has 3 aromatic carbocycles. The number of allylic oxidation sites excluding steroid dienone is 6. The molecular weight excluding hydrogens is 550 g/mol. The monoisotopic (exact) mass is 575 g/mol. The van der Waals surface area contributed by atoms with Gasteiger partial charge in [-0.15, -0.1) is 0 Å². The molecule has 4 aliphatic rings. The minimum absolute atomic E-state index is 0.0629. The topological polar surface area (TPSA) is 149 Å². The molecule has 9 nitrogen and oxygen atoms in total. The molecule has 3 aliphatic carbocycles. The number of anilines is 1. The number of hydrogen-bond acceptors (Lipinski definition) is 7. The Morgan fingerprint density at radius 1 is 0.884 bits per heavy atom. The van der Waals surface area contributed by atoms with Gasteiger partial charge >= 0.3 is 5.97 Å². The molecule has 1 fully saturated rings. The standard InChI is InChI=1S/C34H25NO8/c1-15-12-27(38)30-24(31(15)39)14-23-20(28(30)19-10-11-25(36)18-5-3-2-4-17(18)19)8-9-22-29(23)33(41)35(32(22)40)16-6-7-21(34(42)43)26(37)13-16/h2-8,10-13,22-23,28-29,36-37H,9,14H2,1H3,(H,42,43)/t22-,23+,28-,29-/m0/s1. The van der Waals surface area contributed by atoms with Gasteiger partial charge in [0.1, 0.15) is 17.1 Å². The van der Waals surface area contributed by atoms with E-state index in [0.29, 0.717) is 33.1 Å². The summed E-state index contributed by atoms with van der Waals surface area (Å²) in [5.41, 5.74) is 2.19. The highest BCUT2D eigenvalue weighted by Crippen LogP contribution is 2.56. The van der Waals surface area contributed by atoms with Crippen molar-refractivity contribution in [1.29, 1.82) is 0 Å². The molecule has 3 aromatic rings. The van der Waals surface area contributed by atoms with Gasteiger partial charge in [0.15, 0.2) is 11.6 Å². The van der Waals surface area contributed by atoms with Crippen LogP contribution in [0.15, 0.2) is 89.0 Å². The summed E-state index contributed by atoms with van der Waals surface area (Å²) >= 11 is 0. The third kappa shape index (κ3) is 3.74. The smallest absolute Gasteiger partial charge is 0.339 e. The van der Waals surface area contributed by atoms with Crippen LogP contribution in [0.4, 0.5) is 5.69 Å². The van der Waals surface area contributed by atoms with Crippen LogP contribution in [0.3, 0.4) is 0 Å². The van der Waals surface area contributed by atoms with Gasteiger partial charge in [-0.3, -0.25) is 19.2 Å². The number of fused-ring (bicyclic) bond motifs is 4. The van der Waals surface area contributed by atoms with Crippen LogP contribution in [-0.4, -0.2) is 44.7 Å². The van der Waals surface area contributed by atoms with E-state index < -0.39 is 47.2 Å². The molecule has 0 radical (unpaired) electrons. The number of carbonyl (C=O) groups excluding carboxylic acids is 4. The Bertz CT molecular complexity index is 1950. The lowest BCUT2D eigenvalue weighted by Crippen LogP contribution is -2.39. The lowest BCUT2D eigenvalue weighted by molar-refractivity contribution is -0.123. The zero-order chi connectivity index (χ0) is 30.3. The van der Waals surface area contributed by atoms with Crippen molar-refractivity contribution < 1.29 is 39.3 Å². The van der Waals surface area contributed by atoms with E-state index in [9.17, 15) is 39.3 Å². The molecule has 1 aliphatic heterocycles. The van der Waals surface area contributed by atoms with Crippen LogP contribution in [0.5, 0.6) is 11.5 Å². The van der Waals surface area contributed by atoms with E-state index in [1.165, 1.54) is 12.1 Å². The number of Topliss-reactive ketones (excluding diaryl/α,β-unsaturated/α-hetero) is 1. The van der Waals surface area contributed by atoms with E-state index in [4.69, 9.17) is 0 Å². The number of aromatic carboxylic acids is 1. The first kappa shape index (κ1) is 26.6. The number of imide groups is 1. The van der Waals surface area contributed by atoms with Crippen LogP contribution in [0, 0.1) is 17.8 Å². The fourth-order valence-corrected chi connectivity index (χ4v) is 7.39. The Kier molecular flexibility index (Phi) is 5.78. The van der Waals surface area contributed by atoms with Gasteiger partial charge in [0.05, 0.1) is 17.5 Å². The molecule has 0 aromatic heterocycles.